The Bertz CT molecular complexity index is 1320. The first-order valence-electron chi connectivity index (χ1n) is 9.35. The minimum Gasteiger partial charge on any atom is -0.361 e. The van der Waals surface area contributed by atoms with E-state index in [1.54, 1.807) is 17.5 Å². The Kier molecular flexibility index (Phi) is 4.33. The van der Waals surface area contributed by atoms with Gasteiger partial charge in [0.05, 0.1) is 6.42 Å². The fourth-order valence-electron chi connectivity index (χ4n) is 3.53. The molecule has 2 aromatic carbocycles. The number of nitrogens with one attached hydrogen (secondary N) is 2. The maximum Gasteiger partial charge on any atom is 0.228 e. The predicted molar refractivity (Wildman–Crippen MR) is 118 cm³/mol. The number of aromatic amines is 1. The van der Waals surface area contributed by atoms with Gasteiger partial charge < -0.3 is 10.3 Å². The summed E-state index contributed by atoms with van der Waals surface area (Å²) in [5.74, 6) is -0.0408. The molecule has 0 saturated heterocycles. The number of benzene rings is 2. The normalized spacial score (nSPS) is 11.2. The molecular weight excluding hydrogens is 380 g/mol. The van der Waals surface area contributed by atoms with E-state index < -0.39 is 0 Å². The molecule has 3 heterocycles. The van der Waals surface area contributed by atoms with Crippen molar-refractivity contribution in [3.63, 3.8) is 0 Å². The number of rotatable bonds is 4. The molecule has 0 fully saturated rings. The Morgan fingerprint density at radius 2 is 2.00 bits per heavy atom. The predicted octanol–water partition coefficient (Wildman–Crippen LogP) is 5.33. The van der Waals surface area contributed by atoms with Crippen LogP contribution in [0.15, 0.2) is 67.0 Å². The van der Waals surface area contributed by atoms with Crippen molar-refractivity contribution >= 4 is 44.2 Å². The zero-order chi connectivity index (χ0) is 19.8. The molecule has 0 unspecified atom stereocenters. The van der Waals surface area contributed by atoms with Gasteiger partial charge in [0.2, 0.25) is 5.91 Å². The summed E-state index contributed by atoms with van der Waals surface area (Å²) in [6.07, 6.45) is 4.00. The summed E-state index contributed by atoms with van der Waals surface area (Å²) in [6.45, 7) is 2.01. The van der Waals surface area contributed by atoms with Crippen LogP contribution in [-0.2, 0) is 11.2 Å². The number of para-hydroxylation sites is 1. The van der Waals surface area contributed by atoms with Crippen molar-refractivity contribution in [1.29, 1.82) is 0 Å². The van der Waals surface area contributed by atoms with Crippen LogP contribution in [0.3, 0.4) is 0 Å². The van der Waals surface area contributed by atoms with E-state index in [9.17, 15) is 4.79 Å². The molecule has 0 aliphatic heterocycles. The minimum absolute atomic E-state index is 0.0408. The summed E-state index contributed by atoms with van der Waals surface area (Å²) in [5, 5.41) is 5.05. The lowest BCUT2D eigenvalue weighted by atomic mass is 10.1. The molecule has 0 radical (unpaired) electrons. The van der Waals surface area contributed by atoms with Crippen LogP contribution in [0.5, 0.6) is 0 Å². The number of pyridine rings is 1. The standard InChI is InChI=1S/C23H18N4OS/c1-14-16(22-27-20-10-5-11-24-23(20)29-22)7-4-9-18(14)26-21(28)12-15-13-25-19-8-3-2-6-17(15)19/h2-11,13,25H,12H2,1H3,(H,26,28). The molecule has 142 valence electrons. The number of fused-ring (bicyclic) bond motifs is 2. The Hall–Kier alpha value is -3.51. The van der Waals surface area contributed by atoms with Crippen LogP contribution in [-0.4, -0.2) is 20.9 Å². The molecule has 0 aliphatic carbocycles. The molecule has 0 saturated carbocycles. The highest BCUT2D eigenvalue weighted by atomic mass is 32.1. The largest absolute Gasteiger partial charge is 0.361 e. The number of carbonyl (C=O) groups is 1. The van der Waals surface area contributed by atoms with Crippen LogP contribution in [0.2, 0.25) is 0 Å². The van der Waals surface area contributed by atoms with Crippen molar-refractivity contribution in [2.45, 2.75) is 13.3 Å². The number of nitrogens with zero attached hydrogens (tertiary/aromatic N) is 2. The Morgan fingerprint density at radius 1 is 1.10 bits per heavy atom. The second-order valence-corrected chi connectivity index (χ2v) is 7.89. The van der Waals surface area contributed by atoms with E-state index in [1.807, 2.05) is 67.7 Å². The molecule has 0 spiro atoms. The molecule has 0 atom stereocenters. The summed E-state index contributed by atoms with van der Waals surface area (Å²) in [6, 6.07) is 17.8. The maximum absolute atomic E-state index is 12.7. The number of thiazole rings is 1. The average molecular weight is 398 g/mol. The third-order valence-corrected chi connectivity index (χ3v) is 6.04. The van der Waals surface area contributed by atoms with Crippen molar-refractivity contribution in [2.24, 2.45) is 0 Å². The summed E-state index contributed by atoms with van der Waals surface area (Å²) in [4.78, 5) is 25.9. The Balaban J connectivity index is 1.41. The number of amides is 1. The van der Waals surface area contributed by atoms with E-state index in [-0.39, 0.29) is 5.91 Å². The van der Waals surface area contributed by atoms with Gasteiger partial charge in [-0.25, -0.2) is 9.97 Å². The second kappa shape index (κ2) is 7.14. The number of hydrogen-bond acceptors (Lipinski definition) is 4. The van der Waals surface area contributed by atoms with Gasteiger partial charge in [-0.3, -0.25) is 4.79 Å². The van der Waals surface area contributed by atoms with Crippen molar-refractivity contribution in [3.8, 4) is 10.6 Å². The second-order valence-electron chi connectivity index (χ2n) is 6.91. The summed E-state index contributed by atoms with van der Waals surface area (Å²) in [7, 11) is 0. The third kappa shape index (κ3) is 3.28. The molecule has 6 heteroatoms. The Labute approximate surface area is 171 Å². The van der Waals surface area contributed by atoms with Gasteiger partial charge >= 0.3 is 0 Å². The number of carbonyl (C=O) groups excluding carboxylic acids is 1. The van der Waals surface area contributed by atoms with Gasteiger partial charge in [-0.15, -0.1) is 0 Å². The first-order chi connectivity index (χ1) is 14.2. The Morgan fingerprint density at radius 3 is 2.90 bits per heavy atom. The van der Waals surface area contributed by atoms with Crippen LogP contribution in [0.4, 0.5) is 5.69 Å². The van der Waals surface area contributed by atoms with Crippen molar-refractivity contribution < 1.29 is 4.79 Å². The molecule has 0 bridgehead atoms. The van der Waals surface area contributed by atoms with E-state index in [0.29, 0.717) is 6.42 Å². The number of H-pyrrole nitrogens is 1. The van der Waals surface area contributed by atoms with E-state index in [2.05, 4.69) is 15.3 Å². The first kappa shape index (κ1) is 17.6. The average Bonchev–Trinajstić information content (AvgIpc) is 3.34. The van der Waals surface area contributed by atoms with E-state index in [4.69, 9.17) is 4.98 Å². The monoisotopic (exact) mass is 398 g/mol. The quantitative estimate of drug-likeness (QED) is 0.430. The molecule has 5 nitrogen and oxygen atoms in total. The number of aromatic nitrogens is 3. The zero-order valence-corrected chi connectivity index (χ0v) is 16.6. The fourth-order valence-corrected chi connectivity index (χ4v) is 4.52. The van der Waals surface area contributed by atoms with Gasteiger partial charge in [0.25, 0.3) is 0 Å². The van der Waals surface area contributed by atoms with Crippen LogP contribution in [0, 0.1) is 6.92 Å². The topological polar surface area (TPSA) is 70.7 Å². The number of hydrogen-bond donors (Lipinski definition) is 2. The van der Waals surface area contributed by atoms with Gasteiger partial charge in [0.15, 0.2) is 0 Å². The molecule has 29 heavy (non-hydrogen) atoms. The smallest absolute Gasteiger partial charge is 0.228 e. The maximum atomic E-state index is 12.7. The van der Waals surface area contributed by atoms with Crippen molar-refractivity contribution in [1.82, 2.24) is 15.0 Å². The van der Waals surface area contributed by atoms with Gasteiger partial charge in [-0.2, -0.15) is 0 Å². The zero-order valence-electron chi connectivity index (χ0n) is 15.8. The van der Waals surface area contributed by atoms with Gasteiger partial charge in [-0.05, 0) is 42.3 Å². The lowest BCUT2D eigenvalue weighted by Gasteiger charge is -2.11. The fraction of sp³-hybridized carbons (Fsp3) is 0.0870. The minimum atomic E-state index is -0.0408. The highest BCUT2D eigenvalue weighted by Crippen LogP contribution is 2.33. The lowest BCUT2D eigenvalue weighted by Crippen LogP contribution is -2.15. The van der Waals surface area contributed by atoms with Crippen LogP contribution >= 0.6 is 11.3 Å². The molecule has 3 aromatic heterocycles. The highest BCUT2D eigenvalue weighted by molar-refractivity contribution is 7.21. The van der Waals surface area contributed by atoms with Crippen LogP contribution in [0.1, 0.15) is 11.1 Å². The molecule has 1 amide bonds. The summed E-state index contributed by atoms with van der Waals surface area (Å²) in [5.41, 5.74) is 5.74. The SMILES string of the molecule is Cc1c(NC(=O)Cc2c[nH]c3ccccc23)cccc1-c1nc2cccnc2s1. The number of anilines is 1. The van der Waals surface area contributed by atoms with Gasteiger partial charge in [0.1, 0.15) is 15.4 Å². The molecule has 5 aromatic rings. The van der Waals surface area contributed by atoms with Gasteiger partial charge in [0, 0.05) is 34.5 Å². The lowest BCUT2D eigenvalue weighted by molar-refractivity contribution is -0.115. The van der Waals surface area contributed by atoms with Crippen molar-refractivity contribution in [3.05, 3.63) is 78.1 Å². The molecular formula is C23H18N4OS. The first-order valence-corrected chi connectivity index (χ1v) is 10.2. The van der Waals surface area contributed by atoms with E-state index >= 15 is 0 Å². The van der Waals surface area contributed by atoms with E-state index in [1.165, 1.54) is 0 Å². The molecule has 0 aliphatic rings. The van der Waals surface area contributed by atoms with Crippen LogP contribution in [0.25, 0.3) is 31.8 Å². The van der Waals surface area contributed by atoms with E-state index in [0.717, 1.165) is 48.6 Å². The van der Waals surface area contributed by atoms with Crippen molar-refractivity contribution in [2.75, 3.05) is 5.32 Å². The van der Waals surface area contributed by atoms with Crippen LogP contribution < -0.4 is 5.32 Å². The third-order valence-electron chi connectivity index (χ3n) is 5.03. The summed E-state index contributed by atoms with van der Waals surface area (Å²) < 4.78 is 0. The summed E-state index contributed by atoms with van der Waals surface area (Å²) >= 11 is 1.56. The van der Waals surface area contributed by atoms with Gasteiger partial charge in [-0.1, -0.05) is 41.7 Å². The molecule has 2 N–H and O–H groups in total. The molecule has 5 rings (SSSR count). The highest BCUT2D eigenvalue weighted by Gasteiger charge is 2.14.